The number of nitrogens with two attached hydrogens (primary N) is 1. The molecule has 0 bridgehead atoms. The molecule has 0 amide bonds. The third-order valence-electron chi connectivity index (χ3n) is 3.23. The van der Waals surface area contributed by atoms with Gasteiger partial charge in [-0.25, -0.2) is 0 Å². The lowest BCUT2D eigenvalue weighted by molar-refractivity contribution is 0.782. The maximum Gasteiger partial charge on any atom is 0.121 e. The maximum absolute atomic E-state index is 6.30. The van der Waals surface area contributed by atoms with Crippen molar-refractivity contribution in [2.75, 3.05) is 5.73 Å². The topological polar surface area (TPSA) is 43.8 Å². The number of rotatable bonds is 2. The molecule has 1 aromatic heterocycles. The van der Waals surface area contributed by atoms with Crippen LogP contribution in [0.15, 0.2) is 24.3 Å². The van der Waals surface area contributed by atoms with E-state index in [1.807, 2.05) is 19.2 Å². The number of hydrogen-bond acceptors (Lipinski definition) is 2. The zero-order valence-electron chi connectivity index (χ0n) is 9.65. The number of aromatic nitrogens is 2. The lowest BCUT2D eigenvalue weighted by Gasteiger charge is -2.04. The van der Waals surface area contributed by atoms with E-state index in [1.54, 1.807) is 4.68 Å². The molecule has 3 nitrogen and oxygen atoms in total. The normalized spacial score (nSPS) is 15.2. The van der Waals surface area contributed by atoms with E-state index >= 15 is 0 Å². The van der Waals surface area contributed by atoms with Crippen molar-refractivity contribution >= 4 is 17.4 Å². The first-order chi connectivity index (χ1) is 8.15. The van der Waals surface area contributed by atoms with Crippen LogP contribution in [0.3, 0.4) is 0 Å². The van der Waals surface area contributed by atoms with E-state index in [4.69, 9.17) is 17.3 Å². The highest BCUT2D eigenvalue weighted by Crippen LogP contribution is 2.44. The van der Waals surface area contributed by atoms with Crippen LogP contribution in [0.2, 0.25) is 5.02 Å². The zero-order valence-corrected chi connectivity index (χ0v) is 10.4. The van der Waals surface area contributed by atoms with Gasteiger partial charge in [0.2, 0.25) is 0 Å². The number of benzene rings is 1. The summed E-state index contributed by atoms with van der Waals surface area (Å²) in [5.74, 6) is 1.33. The Morgan fingerprint density at radius 1 is 1.35 bits per heavy atom. The Bertz CT molecular complexity index is 551. The van der Waals surface area contributed by atoms with Gasteiger partial charge in [0, 0.05) is 23.7 Å². The molecule has 1 saturated carbocycles. The third-order valence-corrected chi connectivity index (χ3v) is 3.56. The molecule has 88 valence electrons. The van der Waals surface area contributed by atoms with Crippen LogP contribution in [0.1, 0.15) is 24.3 Å². The Morgan fingerprint density at radius 2 is 2.12 bits per heavy atom. The summed E-state index contributed by atoms with van der Waals surface area (Å²) < 4.78 is 1.66. The molecule has 0 radical (unpaired) electrons. The number of hydrogen-bond donors (Lipinski definition) is 1. The molecule has 1 aliphatic carbocycles. The van der Waals surface area contributed by atoms with Gasteiger partial charge in [0.25, 0.3) is 0 Å². The van der Waals surface area contributed by atoms with Gasteiger partial charge in [-0.2, -0.15) is 5.10 Å². The molecule has 2 N–H and O–H groups in total. The average molecular weight is 248 g/mol. The largest absolute Gasteiger partial charge is 0.384 e. The monoisotopic (exact) mass is 247 g/mol. The van der Waals surface area contributed by atoms with Crippen LogP contribution in [0, 0.1) is 0 Å². The minimum Gasteiger partial charge on any atom is -0.384 e. The van der Waals surface area contributed by atoms with Crippen molar-refractivity contribution < 1.29 is 0 Å². The summed E-state index contributed by atoms with van der Waals surface area (Å²) in [6.07, 6.45) is 2.52. The van der Waals surface area contributed by atoms with Crippen molar-refractivity contribution in [3.05, 3.63) is 34.9 Å². The van der Waals surface area contributed by atoms with Gasteiger partial charge >= 0.3 is 0 Å². The minimum absolute atomic E-state index is 0.655. The summed E-state index contributed by atoms with van der Waals surface area (Å²) >= 11 is 6.30. The Morgan fingerprint density at radius 3 is 2.65 bits per heavy atom. The first-order valence-electron chi connectivity index (χ1n) is 5.74. The fourth-order valence-electron chi connectivity index (χ4n) is 2.03. The predicted molar refractivity (Wildman–Crippen MR) is 70.0 cm³/mol. The molecule has 1 aliphatic rings. The summed E-state index contributed by atoms with van der Waals surface area (Å²) in [4.78, 5) is 0. The molecule has 17 heavy (non-hydrogen) atoms. The van der Waals surface area contributed by atoms with E-state index in [1.165, 1.54) is 18.4 Å². The van der Waals surface area contributed by atoms with Crippen LogP contribution in [-0.2, 0) is 7.05 Å². The molecule has 0 atom stereocenters. The van der Waals surface area contributed by atoms with Gasteiger partial charge in [0.1, 0.15) is 5.82 Å². The second kappa shape index (κ2) is 3.77. The van der Waals surface area contributed by atoms with Crippen molar-refractivity contribution in [2.45, 2.75) is 18.8 Å². The predicted octanol–water partition coefficient (Wildman–Crippen LogP) is 3.20. The van der Waals surface area contributed by atoms with Crippen LogP contribution in [0.4, 0.5) is 5.82 Å². The molecule has 4 heteroatoms. The van der Waals surface area contributed by atoms with Crippen molar-refractivity contribution in [2.24, 2.45) is 7.05 Å². The van der Waals surface area contributed by atoms with Crippen LogP contribution in [-0.4, -0.2) is 9.78 Å². The van der Waals surface area contributed by atoms with Crippen LogP contribution in [0.25, 0.3) is 11.3 Å². The minimum atomic E-state index is 0.655. The van der Waals surface area contributed by atoms with E-state index in [0.29, 0.717) is 11.7 Å². The van der Waals surface area contributed by atoms with Crippen LogP contribution < -0.4 is 5.73 Å². The number of nitrogen functional groups attached to an aromatic ring is 1. The molecule has 0 aliphatic heterocycles. The van der Waals surface area contributed by atoms with Crippen molar-refractivity contribution in [3.8, 4) is 11.3 Å². The third kappa shape index (κ3) is 1.91. The molecule has 0 saturated heterocycles. The summed E-state index contributed by atoms with van der Waals surface area (Å²) in [5, 5.41) is 5.19. The molecule has 3 rings (SSSR count). The molecule has 1 fully saturated rings. The zero-order chi connectivity index (χ0) is 12.0. The van der Waals surface area contributed by atoms with Crippen LogP contribution in [0.5, 0.6) is 0 Å². The summed E-state index contributed by atoms with van der Waals surface area (Å²) in [6.45, 7) is 0. The first-order valence-corrected chi connectivity index (χ1v) is 6.12. The van der Waals surface area contributed by atoms with Gasteiger partial charge in [0.15, 0.2) is 0 Å². The molecule has 2 aromatic rings. The van der Waals surface area contributed by atoms with Crippen molar-refractivity contribution in [3.63, 3.8) is 0 Å². The number of halogens is 1. The highest BCUT2D eigenvalue weighted by molar-refractivity contribution is 6.31. The van der Waals surface area contributed by atoms with Gasteiger partial charge < -0.3 is 5.73 Å². The Balaban J connectivity index is 2.00. The van der Waals surface area contributed by atoms with Gasteiger partial charge in [-0.3, -0.25) is 4.68 Å². The second-order valence-electron chi connectivity index (χ2n) is 4.59. The number of anilines is 1. The molecular weight excluding hydrogens is 234 g/mol. The Hall–Kier alpha value is -1.48. The SMILES string of the molecule is Cn1nc(-c2ccc(C3CC3)c(Cl)c2)cc1N. The lowest BCUT2D eigenvalue weighted by atomic mass is 10.1. The smallest absolute Gasteiger partial charge is 0.121 e. The standard InChI is InChI=1S/C13H14ClN3/c1-17-13(15)7-12(16-17)9-4-5-10(8-2-3-8)11(14)6-9/h4-8H,2-3,15H2,1H3. The van der Waals surface area contributed by atoms with E-state index in [2.05, 4.69) is 17.2 Å². The van der Waals surface area contributed by atoms with E-state index in [-0.39, 0.29) is 0 Å². The van der Waals surface area contributed by atoms with E-state index in [9.17, 15) is 0 Å². The summed E-state index contributed by atoms with van der Waals surface area (Å²) in [6, 6.07) is 8.03. The van der Waals surface area contributed by atoms with Gasteiger partial charge in [-0.15, -0.1) is 0 Å². The Kier molecular flexibility index (Phi) is 2.37. The maximum atomic E-state index is 6.30. The highest BCUT2D eigenvalue weighted by Gasteiger charge is 2.25. The fourth-order valence-corrected chi connectivity index (χ4v) is 2.37. The first kappa shape index (κ1) is 10.7. The molecule has 1 aromatic carbocycles. The van der Waals surface area contributed by atoms with Crippen molar-refractivity contribution in [1.29, 1.82) is 0 Å². The highest BCUT2D eigenvalue weighted by atomic mass is 35.5. The van der Waals surface area contributed by atoms with Crippen molar-refractivity contribution in [1.82, 2.24) is 9.78 Å². The fraction of sp³-hybridized carbons (Fsp3) is 0.308. The van der Waals surface area contributed by atoms with Crippen LogP contribution >= 0.6 is 11.6 Å². The molecule has 1 heterocycles. The quantitative estimate of drug-likeness (QED) is 0.886. The van der Waals surface area contributed by atoms with Gasteiger partial charge in [-0.05, 0) is 30.4 Å². The second-order valence-corrected chi connectivity index (χ2v) is 5.00. The molecule has 0 spiro atoms. The average Bonchev–Trinajstić information content (AvgIpc) is 3.07. The lowest BCUT2D eigenvalue weighted by Crippen LogP contribution is -1.96. The van der Waals surface area contributed by atoms with Gasteiger partial charge in [0.05, 0.1) is 5.69 Å². The van der Waals surface area contributed by atoms with E-state index < -0.39 is 0 Å². The summed E-state index contributed by atoms with van der Waals surface area (Å²) in [7, 11) is 1.83. The summed E-state index contributed by atoms with van der Waals surface area (Å²) in [5.41, 5.74) is 8.92. The number of aryl methyl sites for hydroxylation is 1. The van der Waals surface area contributed by atoms with E-state index in [0.717, 1.165) is 16.3 Å². The molecule has 0 unspecified atom stereocenters. The molecular formula is C13H14ClN3. The van der Waals surface area contributed by atoms with Gasteiger partial charge in [-0.1, -0.05) is 23.7 Å². The Labute approximate surface area is 105 Å². The number of nitrogens with zero attached hydrogens (tertiary/aromatic N) is 2.